The van der Waals surface area contributed by atoms with E-state index in [0.717, 1.165) is 42.6 Å². The number of aryl methyl sites for hydroxylation is 2. The maximum Gasteiger partial charge on any atom is 0.0860 e. The topological polar surface area (TPSA) is 33.1 Å². The predicted octanol–water partition coefficient (Wildman–Crippen LogP) is 3.07. The van der Waals surface area contributed by atoms with Gasteiger partial charge >= 0.3 is 0 Å². The van der Waals surface area contributed by atoms with Crippen molar-refractivity contribution in [1.82, 2.24) is 20.0 Å². The van der Waals surface area contributed by atoms with E-state index < -0.39 is 0 Å². The molecule has 1 N–H and O–H groups in total. The van der Waals surface area contributed by atoms with Gasteiger partial charge in [-0.05, 0) is 41.5 Å². The summed E-state index contributed by atoms with van der Waals surface area (Å²) in [7, 11) is 0. The van der Waals surface area contributed by atoms with Crippen LogP contribution in [0.25, 0.3) is 0 Å². The zero-order valence-corrected chi connectivity index (χ0v) is 14.5. The summed E-state index contributed by atoms with van der Waals surface area (Å²) in [5.74, 6) is 0. The lowest BCUT2D eigenvalue weighted by Gasteiger charge is -2.30. The molecule has 0 aliphatic heterocycles. The molecule has 0 saturated carbocycles. The summed E-state index contributed by atoms with van der Waals surface area (Å²) in [6, 6.07) is 1.15. The first-order chi connectivity index (χ1) is 9.38. The lowest BCUT2D eigenvalue weighted by Crippen LogP contribution is -2.41. The number of nitrogens with one attached hydrogen (secondary N) is 1. The zero-order chi connectivity index (χ0) is 15.3. The molecule has 0 atom stereocenters. The quantitative estimate of drug-likeness (QED) is 0.749. The second kappa shape index (κ2) is 8.01. The highest BCUT2D eigenvalue weighted by Crippen LogP contribution is 2.19. The van der Waals surface area contributed by atoms with Crippen molar-refractivity contribution in [3.63, 3.8) is 0 Å². The molecular formula is C15H29ClN4. The normalized spacial score (nSPS) is 12.1. The summed E-state index contributed by atoms with van der Waals surface area (Å²) >= 11 is 6.30. The Hall–Kier alpha value is -0.580. The second-order valence-electron chi connectivity index (χ2n) is 5.76. The van der Waals surface area contributed by atoms with Crippen LogP contribution in [0.2, 0.25) is 5.02 Å². The largest absolute Gasteiger partial charge is 0.310 e. The number of nitrogens with zero attached hydrogens (tertiary/aromatic N) is 3. The molecule has 5 heteroatoms. The van der Waals surface area contributed by atoms with Gasteiger partial charge in [-0.25, -0.2) is 0 Å². The average molecular weight is 301 g/mol. The number of rotatable bonds is 8. The SMILES string of the molecule is CCn1nc(C)c(Cl)c1CNCCN(C(C)C)C(C)C. The molecule has 1 aromatic rings. The molecule has 0 radical (unpaired) electrons. The van der Waals surface area contributed by atoms with Gasteiger partial charge in [-0.2, -0.15) is 5.10 Å². The Morgan fingerprint density at radius 3 is 2.35 bits per heavy atom. The van der Waals surface area contributed by atoms with E-state index in [1.807, 2.05) is 11.6 Å². The van der Waals surface area contributed by atoms with E-state index in [2.05, 4.69) is 49.9 Å². The molecule has 0 aromatic carbocycles. The number of hydrogen-bond donors (Lipinski definition) is 1. The van der Waals surface area contributed by atoms with Crippen LogP contribution < -0.4 is 5.32 Å². The molecule has 0 unspecified atom stereocenters. The molecular weight excluding hydrogens is 272 g/mol. The third-order valence-electron chi connectivity index (χ3n) is 3.62. The smallest absolute Gasteiger partial charge is 0.0860 e. The fraction of sp³-hybridized carbons (Fsp3) is 0.800. The van der Waals surface area contributed by atoms with Gasteiger partial charge in [-0.1, -0.05) is 11.6 Å². The molecule has 0 aliphatic rings. The van der Waals surface area contributed by atoms with Crippen LogP contribution in [0.3, 0.4) is 0 Å². The van der Waals surface area contributed by atoms with Crippen molar-refractivity contribution in [2.24, 2.45) is 0 Å². The van der Waals surface area contributed by atoms with Gasteiger partial charge in [0.15, 0.2) is 0 Å². The van der Waals surface area contributed by atoms with Crippen LogP contribution in [0.1, 0.15) is 46.0 Å². The van der Waals surface area contributed by atoms with Crippen molar-refractivity contribution in [2.75, 3.05) is 13.1 Å². The highest BCUT2D eigenvalue weighted by atomic mass is 35.5. The van der Waals surface area contributed by atoms with Crippen LogP contribution in [0.5, 0.6) is 0 Å². The molecule has 116 valence electrons. The fourth-order valence-corrected chi connectivity index (χ4v) is 2.77. The van der Waals surface area contributed by atoms with Crippen molar-refractivity contribution in [1.29, 1.82) is 0 Å². The average Bonchev–Trinajstić information content (AvgIpc) is 2.64. The second-order valence-corrected chi connectivity index (χ2v) is 6.14. The van der Waals surface area contributed by atoms with Crippen LogP contribution in [-0.4, -0.2) is 39.9 Å². The molecule has 20 heavy (non-hydrogen) atoms. The first kappa shape index (κ1) is 17.5. The Morgan fingerprint density at radius 2 is 1.85 bits per heavy atom. The van der Waals surface area contributed by atoms with Crippen molar-refractivity contribution in [3.05, 3.63) is 16.4 Å². The van der Waals surface area contributed by atoms with E-state index in [1.54, 1.807) is 0 Å². The monoisotopic (exact) mass is 300 g/mol. The summed E-state index contributed by atoms with van der Waals surface area (Å²) in [4.78, 5) is 2.48. The molecule has 0 spiro atoms. The van der Waals surface area contributed by atoms with Crippen LogP contribution in [0, 0.1) is 6.92 Å². The predicted molar refractivity (Wildman–Crippen MR) is 86.3 cm³/mol. The maximum atomic E-state index is 6.30. The minimum atomic E-state index is 0.573. The summed E-state index contributed by atoms with van der Waals surface area (Å²) in [6.45, 7) is 16.7. The lowest BCUT2D eigenvalue weighted by atomic mass is 10.2. The Kier molecular flexibility index (Phi) is 7.00. The van der Waals surface area contributed by atoms with Crippen LogP contribution in [0.4, 0.5) is 0 Å². The van der Waals surface area contributed by atoms with Gasteiger partial charge in [0.25, 0.3) is 0 Å². The molecule has 4 nitrogen and oxygen atoms in total. The summed E-state index contributed by atoms with van der Waals surface area (Å²) < 4.78 is 1.98. The number of aromatic nitrogens is 2. The van der Waals surface area contributed by atoms with Crippen molar-refractivity contribution >= 4 is 11.6 Å². The van der Waals surface area contributed by atoms with Crippen molar-refractivity contribution in [3.8, 4) is 0 Å². The van der Waals surface area contributed by atoms with E-state index in [-0.39, 0.29) is 0 Å². The molecule has 0 fully saturated rings. The van der Waals surface area contributed by atoms with Gasteiger partial charge in [0.05, 0.1) is 16.4 Å². The molecule has 0 amide bonds. The van der Waals surface area contributed by atoms with Gasteiger partial charge in [-0.3, -0.25) is 9.58 Å². The van der Waals surface area contributed by atoms with Crippen LogP contribution in [0.15, 0.2) is 0 Å². The molecule has 1 rings (SSSR count). The molecule has 1 heterocycles. The van der Waals surface area contributed by atoms with Crippen LogP contribution in [-0.2, 0) is 13.1 Å². The standard InChI is InChI=1S/C15H29ClN4/c1-7-20-14(15(16)13(6)18-20)10-17-8-9-19(11(2)3)12(4)5/h11-12,17H,7-10H2,1-6H3. The minimum absolute atomic E-state index is 0.573. The third-order valence-corrected chi connectivity index (χ3v) is 4.11. The summed E-state index contributed by atoms with van der Waals surface area (Å²) in [5.41, 5.74) is 2.00. The van der Waals surface area contributed by atoms with Crippen molar-refractivity contribution in [2.45, 2.75) is 66.7 Å². The Bertz CT molecular complexity index is 404. The molecule has 0 saturated heterocycles. The third kappa shape index (κ3) is 4.47. The summed E-state index contributed by atoms with van der Waals surface area (Å²) in [6.07, 6.45) is 0. The van der Waals surface area contributed by atoms with Crippen LogP contribution >= 0.6 is 11.6 Å². The Morgan fingerprint density at radius 1 is 1.25 bits per heavy atom. The highest BCUT2D eigenvalue weighted by molar-refractivity contribution is 6.31. The maximum absolute atomic E-state index is 6.30. The summed E-state index contributed by atoms with van der Waals surface area (Å²) in [5, 5.41) is 8.71. The van der Waals surface area contributed by atoms with Gasteiger partial charge in [0.2, 0.25) is 0 Å². The van der Waals surface area contributed by atoms with E-state index in [1.165, 1.54) is 0 Å². The van der Waals surface area contributed by atoms with E-state index in [9.17, 15) is 0 Å². The van der Waals surface area contributed by atoms with E-state index in [4.69, 9.17) is 11.6 Å². The lowest BCUT2D eigenvalue weighted by molar-refractivity contribution is 0.175. The molecule has 0 bridgehead atoms. The molecule has 1 aromatic heterocycles. The zero-order valence-electron chi connectivity index (χ0n) is 13.7. The fourth-order valence-electron chi connectivity index (χ4n) is 2.57. The van der Waals surface area contributed by atoms with Gasteiger partial charge in [0, 0.05) is 38.3 Å². The number of hydrogen-bond acceptors (Lipinski definition) is 3. The van der Waals surface area contributed by atoms with E-state index >= 15 is 0 Å². The Labute approximate surface area is 128 Å². The van der Waals surface area contributed by atoms with Crippen molar-refractivity contribution < 1.29 is 0 Å². The van der Waals surface area contributed by atoms with Gasteiger partial charge < -0.3 is 5.32 Å². The highest BCUT2D eigenvalue weighted by Gasteiger charge is 2.14. The van der Waals surface area contributed by atoms with Gasteiger partial charge in [-0.15, -0.1) is 0 Å². The first-order valence-electron chi connectivity index (χ1n) is 7.56. The molecule has 0 aliphatic carbocycles. The minimum Gasteiger partial charge on any atom is -0.310 e. The number of halogens is 1. The van der Waals surface area contributed by atoms with Gasteiger partial charge in [0.1, 0.15) is 0 Å². The van der Waals surface area contributed by atoms with E-state index in [0.29, 0.717) is 12.1 Å². The Balaban J connectivity index is 2.49. The first-order valence-corrected chi connectivity index (χ1v) is 7.94.